The minimum Gasteiger partial charge on any atom is -0.493 e. The van der Waals surface area contributed by atoms with E-state index in [-0.39, 0.29) is 0 Å². The van der Waals surface area contributed by atoms with Gasteiger partial charge < -0.3 is 10.1 Å². The van der Waals surface area contributed by atoms with E-state index in [1.54, 1.807) is 0 Å². The van der Waals surface area contributed by atoms with E-state index in [0.717, 1.165) is 42.3 Å². The van der Waals surface area contributed by atoms with Gasteiger partial charge in [-0.25, -0.2) is 0 Å². The lowest BCUT2D eigenvalue weighted by molar-refractivity contribution is 0.174. The first-order valence-electron chi connectivity index (χ1n) is 8.53. The third kappa shape index (κ3) is 4.61. The van der Waals surface area contributed by atoms with Gasteiger partial charge in [0, 0.05) is 17.1 Å². The Morgan fingerprint density at radius 3 is 2.64 bits per heavy atom. The van der Waals surface area contributed by atoms with Crippen LogP contribution >= 0.6 is 11.6 Å². The van der Waals surface area contributed by atoms with Crippen molar-refractivity contribution in [2.45, 2.75) is 32.2 Å². The first kappa shape index (κ1) is 16.1. The van der Waals surface area contributed by atoms with Crippen LogP contribution in [0.3, 0.4) is 0 Å². The Bertz CT molecular complexity index is 482. The average Bonchev–Trinajstić information content (AvgIpc) is 3.33. The molecule has 1 saturated heterocycles. The SMILES string of the molecule is CNCC1CCN(Cc2cc(Cl)ccc2OCC2CC2)CC1. The van der Waals surface area contributed by atoms with E-state index in [0.29, 0.717) is 0 Å². The molecule has 1 N–H and O–H groups in total. The monoisotopic (exact) mass is 322 g/mol. The summed E-state index contributed by atoms with van der Waals surface area (Å²) in [6.45, 7) is 5.29. The highest BCUT2D eigenvalue weighted by Crippen LogP contribution is 2.32. The molecule has 0 amide bonds. The molecule has 3 rings (SSSR count). The topological polar surface area (TPSA) is 24.5 Å². The van der Waals surface area contributed by atoms with E-state index in [4.69, 9.17) is 16.3 Å². The number of rotatable bonds is 7. The summed E-state index contributed by atoms with van der Waals surface area (Å²) < 4.78 is 6.02. The van der Waals surface area contributed by atoms with E-state index < -0.39 is 0 Å². The summed E-state index contributed by atoms with van der Waals surface area (Å²) in [5.41, 5.74) is 1.24. The number of hydrogen-bond donors (Lipinski definition) is 1. The number of piperidine rings is 1. The van der Waals surface area contributed by atoms with Gasteiger partial charge in [-0.15, -0.1) is 0 Å². The number of benzene rings is 1. The van der Waals surface area contributed by atoms with Gasteiger partial charge in [-0.2, -0.15) is 0 Å². The normalized spacial score (nSPS) is 20.3. The number of nitrogens with one attached hydrogen (secondary N) is 1. The molecule has 0 atom stereocenters. The maximum absolute atomic E-state index is 6.19. The van der Waals surface area contributed by atoms with Gasteiger partial charge in [-0.3, -0.25) is 4.90 Å². The van der Waals surface area contributed by atoms with Crippen LogP contribution in [0.1, 0.15) is 31.2 Å². The van der Waals surface area contributed by atoms with Gasteiger partial charge in [0.15, 0.2) is 0 Å². The Balaban J connectivity index is 1.57. The van der Waals surface area contributed by atoms with Crippen molar-refractivity contribution in [3.63, 3.8) is 0 Å². The molecule has 22 heavy (non-hydrogen) atoms. The third-order valence-electron chi connectivity index (χ3n) is 4.79. The zero-order valence-corrected chi connectivity index (χ0v) is 14.2. The van der Waals surface area contributed by atoms with Crippen LogP contribution < -0.4 is 10.1 Å². The van der Waals surface area contributed by atoms with Crippen LogP contribution in [-0.4, -0.2) is 38.2 Å². The van der Waals surface area contributed by atoms with Gasteiger partial charge in [0.05, 0.1) is 6.61 Å². The zero-order chi connectivity index (χ0) is 15.4. The lowest BCUT2D eigenvalue weighted by atomic mass is 9.96. The molecule has 3 nitrogen and oxygen atoms in total. The molecule has 2 fully saturated rings. The molecule has 1 aliphatic heterocycles. The Morgan fingerprint density at radius 2 is 1.95 bits per heavy atom. The molecule has 122 valence electrons. The highest BCUT2D eigenvalue weighted by atomic mass is 35.5. The fraction of sp³-hybridized carbons (Fsp3) is 0.667. The Morgan fingerprint density at radius 1 is 1.18 bits per heavy atom. The van der Waals surface area contributed by atoms with E-state index in [1.165, 1.54) is 44.3 Å². The molecule has 1 aromatic rings. The van der Waals surface area contributed by atoms with Gasteiger partial charge >= 0.3 is 0 Å². The standard InChI is InChI=1S/C18H27ClN2O/c1-20-11-14-6-8-21(9-7-14)12-16-10-17(19)4-5-18(16)22-13-15-2-3-15/h4-5,10,14-15,20H,2-3,6-9,11-13H2,1H3. The van der Waals surface area contributed by atoms with Crippen LogP contribution in [-0.2, 0) is 6.54 Å². The lowest BCUT2D eigenvalue weighted by Gasteiger charge is -2.32. The van der Waals surface area contributed by atoms with Gasteiger partial charge in [-0.1, -0.05) is 11.6 Å². The molecule has 0 aromatic heterocycles. The first-order valence-corrected chi connectivity index (χ1v) is 8.90. The van der Waals surface area contributed by atoms with Gasteiger partial charge in [0.2, 0.25) is 0 Å². The maximum Gasteiger partial charge on any atom is 0.123 e. The van der Waals surface area contributed by atoms with Crippen LogP contribution in [0, 0.1) is 11.8 Å². The number of likely N-dealkylation sites (tertiary alicyclic amines) is 1. The van der Waals surface area contributed by atoms with Crippen molar-refractivity contribution in [2.75, 3.05) is 33.3 Å². The van der Waals surface area contributed by atoms with Crippen molar-refractivity contribution in [3.05, 3.63) is 28.8 Å². The number of ether oxygens (including phenoxy) is 1. The van der Waals surface area contributed by atoms with E-state index in [1.807, 2.05) is 19.2 Å². The summed E-state index contributed by atoms with van der Waals surface area (Å²) in [5, 5.41) is 4.10. The molecule has 1 aliphatic carbocycles. The van der Waals surface area contributed by atoms with Crippen molar-refractivity contribution >= 4 is 11.6 Å². The van der Waals surface area contributed by atoms with Crippen molar-refractivity contribution in [1.82, 2.24) is 10.2 Å². The Kier molecular flexibility index (Phi) is 5.61. The summed E-state index contributed by atoms with van der Waals surface area (Å²) in [7, 11) is 2.04. The fourth-order valence-electron chi connectivity index (χ4n) is 3.18. The molecule has 0 radical (unpaired) electrons. The molecule has 1 saturated carbocycles. The molecule has 1 heterocycles. The van der Waals surface area contributed by atoms with Crippen LogP contribution in [0.5, 0.6) is 5.75 Å². The van der Waals surface area contributed by atoms with E-state index >= 15 is 0 Å². The van der Waals surface area contributed by atoms with Crippen molar-refractivity contribution in [3.8, 4) is 5.75 Å². The molecular weight excluding hydrogens is 296 g/mol. The second kappa shape index (κ2) is 7.67. The van der Waals surface area contributed by atoms with E-state index in [2.05, 4.69) is 16.3 Å². The van der Waals surface area contributed by atoms with Gasteiger partial charge in [0.25, 0.3) is 0 Å². The molecule has 0 bridgehead atoms. The summed E-state index contributed by atoms with van der Waals surface area (Å²) in [6.07, 6.45) is 5.20. The van der Waals surface area contributed by atoms with Crippen LogP contribution in [0.2, 0.25) is 5.02 Å². The average molecular weight is 323 g/mol. The van der Waals surface area contributed by atoms with Crippen molar-refractivity contribution in [2.24, 2.45) is 11.8 Å². The smallest absolute Gasteiger partial charge is 0.123 e. The second-order valence-corrected chi connectivity index (χ2v) is 7.22. The summed E-state index contributed by atoms with van der Waals surface area (Å²) >= 11 is 6.19. The minimum absolute atomic E-state index is 0.779. The highest BCUT2D eigenvalue weighted by molar-refractivity contribution is 6.30. The summed E-state index contributed by atoms with van der Waals surface area (Å²) in [4.78, 5) is 2.53. The molecule has 0 unspecified atom stereocenters. The largest absolute Gasteiger partial charge is 0.493 e. The Labute approximate surface area is 139 Å². The first-order chi connectivity index (χ1) is 10.7. The number of hydrogen-bond acceptors (Lipinski definition) is 3. The lowest BCUT2D eigenvalue weighted by Crippen LogP contribution is -2.36. The zero-order valence-electron chi connectivity index (χ0n) is 13.5. The fourth-order valence-corrected chi connectivity index (χ4v) is 3.38. The molecular formula is C18H27ClN2O. The van der Waals surface area contributed by atoms with Crippen LogP contribution in [0.4, 0.5) is 0 Å². The molecule has 1 aromatic carbocycles. The van der Waals surface area contributed by atoms with Gasteiger partial charge in [-0.05, 0) is 82.4 Å². The van der Waals surface area contributed by atoms with Crippen molar-refractivity contribution in [1.29, 1.82) is 0 Å². The summed E-state index contributed by atoms with van der Waals surface area (Å²) in [6, 6.07) is 6.05. The molecule has 2 aliphatic rings. The quantitative estimate of drug-likeness (QED) is 0.830. The maximum atomic E-state index is 6.19. The Hall–Kier alpha value is -0.770. The summed E-state index contributed by atoms with van der Waals surface area (Å²) in [5.74, 6) is 2.63. The van der Waals surface area contributed by atoms with Crippen molar-refractivity contribution < 1.29 is 4.74 Å². The highest BCUT2D eigenvalue weighted by Gasteiger charge is 2.23. The predicted molar refractivity (Wildman–Crippen MR) is 91.6 cm³/mol. The van der Waals surface area contributed by atoms with Crippen LogP contribution in [0.25, 0.3) is 0 Å². The van der Waals surface area contributed by atoms with Gasteiger partial charge in [0.1, 0.15) is 5.75 Å². The molecule has 0 spiro atoms. The third-order valence-corrected chi connectivity index (χ3v) is 5.02. The minimum atomic E-state index is 0.779. The van der Waals surface area contributed by atoms with E-state index in [9.17, 15) is 0 Å². The van der Waals surface area contributed by atoms with Crippen LogP contribution in [0.15, 0.2) is 18.2 Å². The predicted octanol–water partition coefficient (Wildman–Crippen LogP) is 3.56. The molecule has 4 heteroatoms. The second-order valence-electron chi connectivity index (χ2n) is 6.78. The number of nitrogens with zero attached hydrogens (tertiary/aromatic N) is 1. The number of halogens is 1.